The number of hydrogen-bond acceptors (Lipinski definition) is 4. The minimum absolute atomic E-state index is 0.204. The summed E-state index contributed by atoms with van der Waals surface area (Å²) in [5, 5.41) is 2.83. The van der Waals surface area contributed by atoms with Gasteiger partial charge in [0.05, 0.1) is 17.8 Å². The van der Waals surface area contributed by atoms with E-state index in [-0.39, 0.29) is 12.2 Å². The highest BCUT2D eigenvalue weighted by molar-refractivity contribution is 5.58. The number of nitrogen functional groups attached to an aromatic ring is 1. The predicted molar refractivity (Wildman–Crippen MR) is 69.2 cm³/mol. The minimum atomic E-state index is -4.47. The largest absolute Gasteiger partial charge is 0.444 e. The quantitative estimate of drug-likeness (QED) is 0.847. The Hall–Kier alpha value is -2.18. The minimum Gasteiger partial charge on any atom is -0.444 e. The first-order valence-corrected chi connectivity index (χ1v) is 5.91. The van der Waals surface area contributed by atoms with Crippen LogP contribution in [0.15, 0.2) is 22.6 Å². The molecule has 1 aromatic carbocycles. The van der Waals surface area contributed by atoms with Gasteiger partial charge in [-0.05, 0) is 32.0 Å². The third kappa shape index (κ3) is 3.04. The molecule has 0 fully saturated rings. The van der Waals surface area contributed by atoms with Crippen molar-refractivity contribution in [3.8, 4) is 0 Å². The molecule has 4 nitrogen and oxygen atoms in total. The van der Waals surface area contributed by atoms with Crippen molar-refractivity contribution in [2.45, 2.75) is 26.6 Å². The van der Waals surface area contributed by atoms with Gasteiger partial charge >= 0.3 is 6.18 Å². The van der Waals surface area contributed by atoms with E-state index in [1.807, 2.05) is 0 Å². The highest BCUT2D eigenvalue weighted by Gasteiger charge is 2.33. The second-order valence-electron chi connectivity index (χ2n) is 4.40. The van der Waals surface area contributed by atoms with E-state index >= 15 is 0 Å². The van der Waals surface area contributed by atoms with E-state index < -0.39 is 11.7 Å². The van der Waals surface area contributed by atoms with Gasteiger partial charge in [-0.15, -0.1) is 0 Å². The molecule has 0 saturated carbocycles. The van der Waals surface area contributed by atoms with Crippen molar-refractivity contribution >= 4 is 11.4 Å². The van der Waals surface area contributed by atoms with Crippen molar-refractivity contribution in [1.29, 1.82) is 0 Å². The smallest absolute Gasteiger partial charge is 0.418 e. The van der Waals surface area contributed by atoms with E-state index in [4.69, 9.17) is 10.2 Å². The lowest BCUT2D eigenvalue weighted by Crippen LogP contribution is -2.10. The van der Waals surface area contributed by atoms with Gasteiger partial charge in [0.2, 0.25) is 5.89 Å². The predicted octanol–water partition coefficient (Wildman–Crippen LogP) is 3.50. The molecule has 0 radical (unpaired) electrons. The summed E-state index contributed by atoms with van der Waals surface area (Å²) in [4.78, 5) is 4.14. The van der Waals surface area contributed by atoms with Gasteiger partial charge in [0.1, 0.15) is 5.76 Å². The number of anilines is 2. The second-order valence-corrected chi connectivity index (χ2v) is 4.40. The molecule has 0 saturated heterocycles. The van der Waals surface area contributed by atoms with Crippen molar-refractivity contribution in [1.82, 2.24) is 4.98 Å². The van der Waals surface area contributed by atoms with Crippen LogP contribution in [0.5, 0.6) is 0 Å². The molecular formula is C13H14F3N3O. The molecule has 108 valence electrons. The molecule has 7 heteroatoms. The maximum atomic E-state index is 12.7. The first-order valence-electron chi connectivity index (χ1n) is 5.91. The van der Waals surface area contributed by atoms with Gasteiger partial charge in [0, 0.05) is 11.4 Å². The highest BCUT2D eigenvalue weighted by Crippen LogP contribution is 2.35. The maximum absolute atomic E-state index is 12.7. The first-order chi connectivity index (χ1) is 9.27. The average molecular weight is 285 g/mol. The second kappa shape index (κ2) is 5.07. The Balaban J connectivity index is 2.14. The van der Waals surface area contributed by atoms with Gasteiger partial charge < -0.3 is 15.5 Å². The van der Waals surface area contributed by atoms with Gasteiger partial charge in [-0.1, -0.05) is 0 Å². The maximum Gasteiger partial charge on any atom is 0.418 e. The molecular weight excluding hydrogens is 271 g/mol. The fourth-order valence-electron chi connectivity index (χ4n) is 1.70. The van der Waals surface area contributed by atoms with Crippen LogP contribution in [-0.4, -0.2) is 4.98 Å². The summed E-state index contributed by atoms with van der Waals surface area (Å²) in [5.41, 5.74) is 5.23. The number of nitrogens with one attached hydrogen (secondary N) is 1. The number of aryl methyl sites for hydroxylation is 2. The standard InChI is InChI=1S/C13H14F3N3O/c1-7-8(2)20-12(19-7)6-18-9-3-4-11(17)10(5-9)13(14,15)16/h3-5,18H,6,17H2,1-2H3. The molecule has 0 spiro atoms. The van der Waals surface area contributed by atoms with Crippen molar-refractivity contribution in [2.24, 2.45) is 0 Å². The average Bonchev–Trinajstić information content (AvgIpc) is 2.66. The summed E-state index contributed by atoms with van der Waals surface area (Å²) < 4.78 is 43.5. The summed E-state index contributed by atoms with van der Waals surface area (Å²) in [6.07, 6.45) is -4.47. The van der Waals surface area contributed by atoms with Crippen LogP contribution in [0.25, 0.3) is 0 Å². The van der Waals surface area contributed by atoms with E-state index in [0.717, 1.165) is 11.8 Å². The molecule has 0 atom stereocenters. The Morgan fingerprint density at radius 1 is 1.30 bits per heavy atom. The molecule has 3 N–H and O–H groups in total. The summed E-state index contributed by atoms with van der Waals surface area (Å²) in [7, 11) is 0. The lowest BCUT2D eigenvalue weighted by Gasteiger charge is -2.12. The molecule has 2 aromatic rings. The van der Waals surface area contributed by atoms with Crippen molar-refractivity contribution in [3.63, 3.8) is 0 Å². The van der Waals surface area contributed by atoms with Crippen molar-refractivity contribution < 1.29 is 17.6 Å². The lowest BCUT2D eigenvalue weighted by atomic mass is 10.1. The zero-order valence-electron chi connectivity index (χ0n) is 11.0. The SMILES string of the molecule is Cc1nc(CNc2ccc(N)c(C(F)(F)F)c2)oc1C. The molecule has 1 aromatic heterocycles. The molecule has 20 heavy (non-hydrogen) atoms. The van der Waals surface area contributed by atoms with Crippen LogP contribution in [0.2, 0.25) is 0 Å². The summed E-state index contributed by atoms with van der Waals surface area (Å²) in [5.74, 6) is 1.11. The van der Waals surface area contributed by atoms with Crippen molar-refractivity contribution in [3.05, 3.63) is 41.1 Å². The van der Waals surface area contributed by atoms with Crippen LogP contribution >= 0.6 is 0 Å². The Morgan fingerprint density at radius 2 is 2.00 bits per heavy atom. The molecule has 0 aliphatic carbocycles. The fourth-order valence-corrected chi connectivity index (χ4v) is 1.70. The lowest BCUT2D eigenvalue weighted by molar-refractivity contribution is -0.136. The highest BCUT2D eigenvalue weighted by atomic mass is 19.4. The zero-order valence-corrected chi connectivity index (χ0v) is 11.0. The summed E-state index contributed by atoms with van der Waals surface area (Å²) in [6.45, 7) is 3.78. The summed E-state index contributed by atoms with van der Waals surface area (Å²) >= 11 is 0. The Kier molecular flexibility index (Phi) is 3.61. The number of nitrogens with zero attached hydrogens (tertiary/aromatic N) is 1. The molecule has 0 aliphatic rings. The van der Waals surface area contributed by atoms with Crippen molar-refractivity contribution in [2.75, 3.05) is 11.1 Å². The van der Waals surface area contributed by atoms with Crippen LogP contribution in [0.4, 0.5) is 24.5 Å². The molecule has 0 amide bonds. The van der Waals surface area contributed by atoms with E-state index in [9.17, 15) is 13.2 Å². The monoisotopic (exact) mass is 285 g/mol. The topological polar surface area (TPSA) is 64.1 Å². The molecule has 0 bridgehead atoms. The number of alkyl halides is 3. The number of aromatic nitrogens is 1. The van der Waals surface area contributed by atoms with Crippen LogP contribution in [-0.2, 0) is 12.7 Å². The van der Waals surface area contributed by atoms with E-state index in [2.05, 4.69) is 10.3 Å². The number of halogens is 3. The Labute approximate surface area is 113 Å². The molecule has 0 unspecified atom stereocenters. The van der Waals surface area contributed by atoms with Crippen LogP contribution in [0.3, 0.4) is 0 Å². The van der Waals surface area contributed by atoms with Gasteiger partial charge in [-0.25, -0.2) is 4.98 Å². The number of nitrogens with two attached hydrogens (primary N) is 1. The van der Waals surface area contributed by atoms with Crippen LogP contribution in [0, 0.1) is 13.8 Å². The van der Waals surface area contributed by atoms with Gasteiger partial charge in [0.25, 0.3) is 0 Å². The number of rotatable bonds is 3. The van der Waals surface area contributed by atoms with E-state index in [1.54, 1.807) is 13.8 Å². The number of oxazole rings is 1. The molecule has 2 rings (SSSR count). The van der Waals surface area contributed by atoms with Gasteiger partial charge in [-0.2, -0.15) is 13.2 Å². The Morgan fingerprint density at radius 3 is 2.55 bits per heavy atom. The zero-order chi connectivity index (χ0) is 14.9. The third-order valence-electron chi connectivity index (χ3n) is 2.88. The summed E-state index contributed by atoms with van der Waals surface area (Å²) in [6, 6.07) is 3.67. The fraction of sp³-hybridized carbons (Fsp3) is 0.308. The number of hydrogen-bond donors (Lipinski definition) is 2. The molecule has 1 heterocycles. The molecule has 0 aliphatic heterocycles. The normalized spacial score (nSPS) is 11.7. The Bertz CT molecular complexity index is 600. The van der Waals surface area contributed by atoms with Crippen LogP contribution in [0.1, 0.15) is 22.9 Å². The van der Waals surface area contributed by atoms with Gasteiger partial charge in [-0.3, -0.25) is 0 Å². The van der Waals surface area contributed by atoms with Crippen LogP contribution < -0.4 is 11.1 Å². The van der Waals surface area contributed by atoms with E-state index in [1.165, 1.54) is 12.1 Å². The number of benzene rings is 1. The van der Waals surface area contributed by atoms with Gasteiger partial charge in [0.15, 0.2) is 0 Å². The first kappa shape index (κ1) is 14.2. The third-order valence-corrected chi connectivity index (χ3v) is 2.88. The van der Waals surface area contributed by atoms with E-state index in [0.29, 0.717) is 17.3 Å².